The third-order valence-corrected chi connectivity index (χ3v) is 10.4. The van der Waals surface area contributed by atoms with Crippen LogP contribution in [0.4, 0.5) is 17.1 Å². The molecule has 0 saturated heterocycles. The molecular weight excluding hydrogens is 643 g/mol. The fourth-order valence-corrected chi connectivity index (χ4v) is 7.85. The van der Waals surface area contributed by atoms with Crippen molar-refractivity contribution in [2.24, 2.45) is 0 Å². The summed E-state index contributed by atoms with van der Waals surface area (Å²) in [6.45, 7) is 0. The predicted molar refractivity (Wildman–Crippen MR) is 211 cm³/mol. The summed E-state index contributed by atoms with van der Waals surface area (Å²) < 4.78 is 11.3. The topological polar surface area (TPSA) is 38.2 Å². The molecule has 2 heterocycles. The summed E-state index contributed by atoms with van der Waals surface area (Å²) in [6.07, 6.45) is 0. The molecule has 8 aromatic carbocycles. The van der Waals surface area contributed by atoms with Crippen LogP contribution in [0.15, 0.2) is 176 Å². The molecule has 1 aliphatic heterocycles. The summed E-state index contributed by atoms with van der Waals surface area (Å²) in [7, 11) is 0. The van der Waals surface area contributed by atoms with Crippen molar-refractivity contribution in [3.8, 4) is 55.7 Å². The zero-order valence-electron chi connectivity index (χ0n) is 27.4. The molecular formula is C46H29N3OS. The van der Waals surface area contributed by atoms with Gasteiger partial charge >= 0.3 is 0 Å². The van der Waals surface area contributed by atoms with Crippen molar-refractivity contribution >= 4 is 50.1 Å². The number of aromatic nitrogens is 2. The SMILES string of the molecule is c1ccc(-c2ccc(-c3nsc(-c4cccc(N5c6ccccc6Oc6ccc(-c7cc8ccccc8c8ccccc78)cc65)c4)n3)cc2)cc1. The summed E-state index contributed by atoms with van der Waals surface area (Å²) in [4.78, 5) is 7.30. The van der Waals surface area contributed by atoms with Gasteiger partial charge < -0.3 is 9.64 Å². The average Bonchev–Trinajstić information content (AvgIpc) is 3.71. The first-order chi connectivity index (χ1) is 25.3. The van der Waals surface area contributed by atoms with Crippen LogP contribution in [0.25, 0.3) is 65.8 Å². The van der Waals surface area contributed by atoms with Crippen molar-refractivity contribution in [2.75, 3.05) is 4.90 Å². The van der Waals surface area contributed by atoms with Gasteiger partial charge in [-0.05, 0) is 97.8 Å². The van der Waals surface area contributed by atoms with E-state index in [1.807, 2.05) is 18.2 Å². The normalized spacial score (nSPS) is 12.0. The fourth-order valence-electron chi connectivity index (χ4n) is 7.17. The molecule has 51 heavy (non-hydrogen) atoms. The Kier molecular flexibility index (Phi) is 6.96. The van der Waals surface area contributed by atoms with Crippen molar-refractivity contribution in [3.63, 3.8) is 0 Å². The molecule has 4 nitrogen and oxygen atoms in total. The van der Waals surface area contributed by atoms with Crippen LogP contribution in [0.3, 0.4) is 0 Å². The second kappa shape index (κ2) is 12.1. The first-order valence-electron chi connectivity index (χ1n) is 17.0. The molecule has 240 valence electrons. The van der Waals surface area contributed by atoms with Crippen LogP contribution in [0.5, 0.6) is 11.5 Å². The van der Waals surface area contributed by atoms with E-state index in [0.29, 0.717) is 0 Å². The first kappa shape index (κ1) is 29.4. The van der Waals surface area contributed by atoms with Gasteiger partial charge in [-0.3, -0.25) is 0 Å². The Bertz CT molecular complexity index is 2740. The lowest BCUT2D eigenvalue weighted by molar-refractivity contribution is 0.477. The van der Waals surface area contributed by atoms with Gasteiger partial charge in [0.15, 0.2) is 17.3 Å². The van der Waals surface area contributed by atoms with Crippen molar-refractivity contribution in [1.29, 1.82) is 0 Å². The molecule has 9 aromatic rings. The minimum atomic E-state index is 0.731. The molecule has 10 rings (SSSR count). The maximum atomic E-state index is 6.52. The molecule has 0 N–H and O–H groups in total. The summed E-state index contributed by atoms with van der Waals surface area (Å²) in [5, 5.41) is 5.83. The second-order valence-electron chi connectivity index (χ2n) is 12.7. The number of hydrogen-bond acceptors (Lipinski definition) is 5. The van der Waals surface area contributed by atoms with Crippen LogP contribution in [0.2, 0.25) is 0 Å². The molecule has 1 aliphatic rings. The van der Waals surface area contributed by atoms with Gasteiger partial charge in [-0.1, -0.05) is 133 Å². The average molecular weight is 672 g/mol. The van der Waals surface area contributed by atoms with Crippen LogP contribution in [0.1, 0.15) is 0 Å². The minimum absolute atomic E-state index is 0.731. The van der Waals surface area contributed by atoms with Crippen LogP contribution in [0, 0.1) is 0 Å². The van der Waals surface area contributed by atoms with Crippen molar-refractivity contribution in [2.45, 2.75) is 0 Å². The maximum absolute atomic E-state index is 6.52. The standard InChI is InChI=1S/C46H29N3OS/c1-2-11-30(12-3-1)31-21-23-32(24-22-31)45-47-46(51-48-45)35-14-10-15-36(27-35)49-41-19-8-9-20-43(41)50-44-26-25-34(29-42(44)49)40-28-33-13-4-5-16-37(33)38-17-6-7-18-39(38)40/h1-29H. The van der Waals surface area contributed by atoms with Crippen LogP contribution < -0.4 is 9.64 Å². The maximum Gasteiger partial charge on any atom is 0.173 e. The van der Waals surface area contributed by atoms with Crippen molar-refractivity contribution < 1.29 is 4.74 Å². The Balaban J connectivity index is 1.05. The Labute approximate surface area is 299 Å². The van der Waals surface area contributed by atoms with E-state index in [2.05, 4.69) is 163 Å². The number of nitrogens with zero attached hydrogens (tertiary/aromatic N) is 3. The van der Waals surface area contributed by atoms with Gasteiger partial charge in [-0.2, -0.15) is 4.37 Å². The fraction of sp³-hybridized carbons (Fsp3) is 0. The van der Waals surface area contributed by atoms with Gasteiger partial charge in [0, 0.05) is 16.8 Å². The van der Waals surface area contributed by atoms with Crippen LogP contribution >= 0.6 is 11.5 Å². The van der Waals surface area contributed by atoms with Gasteiger partial charge in [0.25, 0.3) is 0 Å². The van der Waals surface area contributed by atoms with Gasteiger partial charge in [0.05, 0.1) is 11.4 Å². The Hall–Kier alpha value is -6.56. The molecule has 0 unspecified atom stereocenters. The first-order valence-corrected chi connectivity index (χ1v) is 17.8. The molecule has 0 radical (unpaired) electrons. The Morgan fingerprint density at radius 2 is 1.12 bits per heavy atom. The summed E-state index contributed by atoms with van der Waals surface area (Å²) >= 11 is 1.42. The number of anilines is 3. The zero-order chi connectivity index (χ0) is 33.7. The van der Waals surface area contributed by atoms with Crippen LogP contribution in [-0.2, 0) is 0 Å². The Morgan fingerprint density at radius 3 is 2.00 bits per heavy atom. The number of benzene rings is 8. The summed E-state index contributed by atoms with van der Waals surface area (Å²) in [5.74, 6) is 2.36. The number of para-hydroxylation sites is 2. The highest BCUT2D eigenvalue weighted by atomic mass is 32.1. The molecule has 0 aliphatic carbocycles. The quantitative estimate of drug-likeness (QED) is 0.171. The lowest BCUT2D eigenvalue weighted by Gasteiger charge is -2.33. The number of rotatable bonds is 5. The van der Waals surface area contributed by atoms with Crippen LogP contribution in [-0.4, -0.2) is 9.36 Å². The number of fused-ring (bicyclic) bond motifs is 5. The van der Waals surface area contributed by atoms with E-state index in [9.17, 15) is 0 Å². The molecule has 0 amide bonds. The van der Waals surface area contributed by atoms with Gasteiger partial charge in [0.1, 0.15) is 5.01 Å². The second-order valence-corrected chi connectivity index (χ2v) is 13.4. The van der Waals surface area contributed by atoms with E-state index in [-0.39, 0.29) is 0 Å². The largest absolute Gasteiger partial charge is 0.453 e. The smallest absolute Gasteiger partial charge is 0.173 e. The van der Waals surface area contributed by atoms with E-state index >= 15 is 0 Å². The molecule has 5 heteroatoms. The highest BCUT2D eigenvalue weighted by molar-refractivity contribution is 7.09. The molecule has 0 atom stereocenters. The highest BCUT2D eigenvalue weighted by Crippen LogP contribution is 2.52. The van der Waals surface area contributed by atoms with Crippen molar-refractivity contribution in [1.82, 2.24) is 9.36 Å². The van der Waals surface area contributed by atoms with E-state index in [0.717, 1.165) is 56.1 Å². The molecule has 0 spiro atoms. The molecule has 1 aromatic heterocycles. The van der Waals surface area contributed by atoms with Gasteiger partial charge in [-0.15, -0.1) is 0 Å². The Morgan fingerprint density at radius 1 is 0.451 bits per heavy atom. The highest BCUT2D eigenvalue weighted by Gasteiger charge is 2.27. The minimum Gasteiger partial charge on any atom is -0.453 e. The number of hydrogen-bond donors (Lipinski definition) is 0. The monoisotopic (exact) mass is 671 g/mol. The lowest BCUT2D eigenvalue weighted by Crippen LogP contribution is -2.15. The van der Waals surface area contributed by atoms with Gasteiger partial charge in [0.2, 0.25) is 0 Å². The third kappa shape index (κ3) is 5.14. The summed E-state index contributed by atoms with van der Waals surface area (Å²) in [5.41, 5.74) is 9.69. The van der Waals surface area contributed by atoms with E-state index in [4.69, 9.17) is 14.1 Å². The third-order valence-electron chi connectivity index (χ3n) is 9.63. The number of ether oxygens (including phenoxy) is 1. The molecule has 0 fully saturated rings. The molecule has 0 bridgehead atoms. The van der Waals surface area contributed by atoms with E-state index in [1.54, 1.807) is 0 Å². The zero-order valence-corrected chi connectivity index (χ0v) is 28.2. The van der Waals surface area contributed by atoms with Gasteiger partial charge in [-0.25, -0.2) is 4.98 Å². The predicted octanol–water partition coefficient (Wildman–Crippen LogP) is 13.1. The van der Waals surface area contributed by atoms with E-state index < -0.39 is 0 Å². The van der Waals surface area contributed by atoms with E-state index in [1.165, 1.54) is 49.8 Å². The van der Waals surface area contributed by atoms with Crippen molar-refractivity contribution in [3.05, 3.63) is 176 Å². The molecule has 0 saturated carbocycles. The lowest BCUT2D eigenvalue weighted by atomic mass is 9.93. The summed E-state index contributed by atoms with van der Waals surface area (Å²) in [6, 6.07) is 61.8.